The van der Waals surface area contributed by atoms with Gasteiger partial charge in [-0.2, -0.15) is 5.01 Å². The van der Waals surface area contributed by atoms with Gasteiger partial charge in [0.25, 0.3) is 11.6 Å². The van der Waals surface area contributed by atoms with E-state index in [1.165, 1.54) is 5.56 Å². The number of hydrogen-bond donors (Lipinski definition) is 1. The molecule has 1 N–H and O–H groups in total. The molecule has 0 saturated heterocycles. The van der Waals surface area contributed by atoms with E-state index in [1.54, 1.807) is 4.90 Å². The first-order chi connectivity index (χ1) is 15.0. The zero-order chi connectivity index (χ0) is 21.3. The van der Waals surface area contributed by atoms with Crippen LogP contribution < -0.4 is 15.1 Å². The van der Waals surface area contributed by atoms with E-state index in [0.29, 0.717) is 0 Å². The van der Waals surface area contributed by atoms with Crippen molar-refractivity contribution in [1.29, 1.82) is 0 Å². The van der Waals surface area contributed by atoms with E-state index in [1.807, 2.05) is 49.3 Å². The van der Waals surface area contributed by atoms with Crippen molar-refractivity contribution in [3.05, 3.63) is 101 Å². The number of amides is 1. The van der Waals surface area contributed by atoms with Crippen molar-refractivity contribution < 1.29 is 9.53 Å². The van der Waals surface area contributed by atoms with Gasteiger partial charge in [0.15, 0.2) is 0 Å². The summed E-state index contributed by atoms with van der Waals surface area (Å²) in [6.45, 7) is 4.12. The van der Waals surface area contributed by atoms with Crippen LogP contribution in [0.3, 0.4) is 0 Å². The molecule has 3 aromatic carbocycles. The zero-order valence-corrected chi connectivity index (χ0v) is 17.7. The summed E-state index contributed by atoms with van der Waals surface area (Å²) < 4.78 is 6.60. The molecule has 0 radical (unpaired) electrons. The lowest BCUT2D eigenvalue weighted by Gasteiger charge is -2.45. The number of rotatable bonds is 1. The number of fused-ring (bicyclic) bond motifs is 6. The van der Waals surface area contributed by atoms with Crippen molar-refractivity contribution in [2.75, 3.05) is 11.9 Å². The minimum absolute atomic E-state index is 0.0985. The molecule has 3 aliphatic heterocycles. The third-order valence-electron chi connectivity index (χ3n) is 6.51. The van der Waals surface area contributed by atoms with Gasteiger partial charge >= 0.3 is 0 Å². The molecule has 0 saturated carbocycles. The lowest BCUT2D eigenvalue weighted by atomic mass is 9.94. The molecule has 5 heteroatoms. The molecule has 1 amide bonds. The van der Waals surface area contributed by atoms with Crippen LogP contribution in [0.1, 0.15) is 33.9 Å². The topological polar surface area (TPSA) is 44.8 Å². The minimum atomic E-state index is -1.27. The highest BCUT2D eigenvalue weighted by Crippen LogP contribution is 2.54. The van der Waals surface area contributed by atoms with E-state index in [0.717, 1.165) is 39.4 Å². The van der Waals surface area contributed by atoms with Crippen molar-refractivity contribution in [2.24, 2.45) is 0 Å². The summed E-state index contributed by atoms with van der Waals surface area (Å²) in [5, 5.41) is 1.98. The lowest BCUT2D eigenvalue weighted by molar-refractivity contribution is -0.167. The predicted molar refractivity (Wildman–Crippen MR) is 120 cm³/mol. The Morgan fingerprint density at radius 2 is 1.71 bits per heavy atom. The number of carbonyl (C=O) groups is 1. The number of likely N-dealkylation sites (N-methyl/N-ethyl adjacent to an activating group) is 1. The lowest BCUT2D eigenvalue weighted by Crippen LogP contribution is -2.61. The van der Waals surface area contributed by atoms with Crippen LogP contribution in [0.25, 0.3) is 5.70 Å². The Labute approximate surface area is 181 Å². The number of anilines is 1. The van der Waals surface area contributed by atoms with Crippen LogP contribution in [0, 0.1) is 13.8 Å². The molecule has 5 nitrogen and oxygen atoms in total. The Hall–Kier alpha value is -3.57. The van der Waals surface area contributed by atoms with Gasteiger partial charge in [0.2, 0.25) is 0 Å². The number of nitrogens with one attached hydrogen (secondary N) is 1. The number of carbonyl (C=O) groups excluding carboxylic acids is 1. The van der Waals surface area contributed by atoms with Gasteiger partial charge in [-0.15, -0.1) is 0 Å². The van der Waals surface area contributed by atoms with Gasteiger partial charge in [0, 0.05) is 18.2 Å². The molecule has 31 heavy (non-hydrogen) atoms. The molecule has 0 unspecified atom stereocenters. The first-order valence-electron chi connectivity index (χ1n) is 10.5. The summed E-state index contributed by atoms with van der Waals surface area (Å²) in [5.74, 6) is 0.640. The number of hydrogen-bond acceptors (Lipinski definition) is 4. The fourth-order valence-electron chi connectivity index (χ4n) is 4.89. The standard InChI is InChI=1S/C26H23N3O2/c1-16-8-11-18(12-9-16)21-15-23-19-6-4-5-7-24(19)31-26(29(23)27-21)20-14-17(2)10-13-22(20)28(3)25(26)30/h4-15,23,27H,1-3H3/t23-,26+/m1/s1. The van der Waals surface area contributed by atoms with Crippen LogP contribution in [-0.2, 0) is 10.5 Å². The largest absolute Gasteiger partial charge is 0.457 e. The van der Waals surface area contributed by atoms with Crippen LogP contribution in [0.2, 0.25) is 0 Å². The summed E-state index contributed by atoms with van der Waals surface area (Å²) in [4.78, 5) is 15.5. The van der Waals surface area contributed by atoms with Crippen LogP contribution in [0.4, 0.5) is 5.69 Å². The summed E-state index contributed by atoms with van der Waals surface area (Å²) in [6, 6.07) is 22.3. The van der Waals surface area contributed by atoms with Crippen LogP contribution in [0.5, 0.6) is 5.75 Å². The highest BCUT2D eigenvalue weighted by atomic mass is 16.5. The Balaban J connectivity index is 1.57. The van der Waals surface area contributed by atoms with Crippen LogP contribution >= 0.6 is 0 Å². The Bertz CT molecular complexity index is 1260. The van der Waals surface area contributed by atoms with Gasteiger partial charge in [-0.1, -0.05) is 59.7 Å². The average molecular weight is 409 g/mol. The Morgan fingerprint density at radius 1 is 0.968 bits per heavy atom. The van der Waals surface area contributed by atoms with E-state index in [4.69, 9.17) is 4.74 Å². The van der Waals surface area contributed by atoms with E-state index < -0.39 is 5.72 Å². The van der Waals surface area contributed by atoms with Gasteiger partial charge in [-0.3, -0.25) is 4.79 Å². The number of para-hydroxylation sites is 1. The second-order valence-corrected chi connectivity index (χ2v) is 8.54. The minimum Gasteiger partial charge on any atom is -0.457 e. The number of hydrazine groups is 1. The van der Waals surface area contributed by atoms with Crippen molar-refractivity contribution in [2.45, 2.75) is 25.6 Å². The molecule has 0 fully saturated rings. The van der Waals surface area contributed by atoms with Crippen molar-refractivity contribution in [1.82, 2.24) is 10.4 Å². The Morgan fingerprint density at radius 3 is 2.52 bits per heavy atom. The normalized spacial score (nSPS) is 23.7. The second-order valence-electron chi connectivity index (χ2n) is 8.54. The first kappa shape index (κ1) is 18.2. The quantitative estimate of drug-likeness (QED) is 0.646. The van der Waals surface area contributed by atoms with E-state index in [-0.39, 0.29) is 11.9 Å². The molecule has 154 valence electrons. The molecule has 0 aromatic heterocycles. The van der Waals surface area contributed by atoms with Crippen molar-refractivity contribution >= 4 is 17.3 Å². The van der Waals surface area contributed by atoms with Gasteiger partial charge in [-0.25, -0.2) is 0 Å². The van der Waals surface area contributed by atoms with Gasteiger partial charge in [-0.05, 0) is 43.7 Å². The Kier molecular flexibility index (Phi) is 3.65. The van der Waals surface area contributed by atoms with Crippen LogP contribution in [-0.4, -0.2) is 18.0 Å². The highest BCUT2D eigenvalue weighted by molar-refractivity contribution is 6.07. The molecular formula is C26H23N3O2. The van der Waals surface area contributed by atoms with Crippen molar-refractivity contribution in [3.63, 3.8) is 0 Å². The smallest absolute Gasteiger partial charge is 0.293 e. The summed E-state index contributed by atoms with van der Waals surface area (Å²) in [7, 11) is 1.81. The third-order valence-corrected chi connectivity index (χ3v) is 6.51. The SMILES string of the molecule is Cc1ccc(C2=C[C@@H]3c4ccccc4O[C@@]4(C(=O)N(C)c5ccc(C)cc54)N3N2)cc1. The highest BCUT2D eigenvalue weighted by Gasteiger charge is 2.62. The van der Waals surface area contributed by atoms with Gasteiger partial charge < -0.3 is 15.1 Å². The maximum Gasteiger partial charge on any atom is 0.293 e. The molecule has 2 atom stereocenters. The first-order valence-corrected chi connectivity index (χ1v) is 10.5. The number of nitrogens with zero attached hydrogens (tertiary/aromatic N) is 2. The molecule has 3 aliphatic rings. The molecule has 0 aliphatic carbocycles. The third kappa shape index (κ3) is 2.38. The maximum absolute atomic E-state index is 13.8. The average Bonchev–Trinajstić information content (AvgIpc) is 3.31. The van der Waals surface area contributed by atoms with Crippen LogP contribution in [0.15, 0.2) is 72.8 Å². The van der Waals surface area contributed by atoms with Gasteiger partial charge in [0.05, 0.1) is 17.4 Å². The molecule has 3 aromatic rings. The zero-order valence-electron chi connectivity index (χ0n) is 17.7. The summed E-state index contributed by atoms with van der Waals surface area (Å²) in [5.41, 5.74) is 9.40. The van der Waals surface area contributed by atoms with Crippen molar-refractivity contribution in [3.8, 4) is 5.75 Å². The molecular weight excluding hydrogens is 386 g/mol. The molecule has 1 spiro atoms. The van der Waals surface area contributed by atoms with E-state index in [9.17, 15) is 4.79 Å². The summed E-state index contributed by atoms with van der Waals surface area (Å²) >= 11 is 0. The van der Waals surface area contributed by atoms with E-state index in [2.05, 4.69) is 54.8 Å². The number of aryl methyl sites for hydroxylation is 2. The molecule has 6 rings (SSSR count). The van der Waals surface area contributed by atoms with Gasteiger partial charge in [0.1, 0.15) is 5.75 Å². The summed E-state index contributed by atoms with van der Waals surface area (Å²) in [6.07, 6.45) is 2.19. The fraction of sp³-hybridized carbons (Fsp3) is 0.192. The van der Waals surface area contributed by atoms with E-state index >= 15 is 0 Å². The fourth-order valence-corrected chi connectivity index (χ4v) is 4.89. The monoisotopic (exact) mass is 409 g/mol. The molecule has 3 heterocycles. The number of ether oxygens (including phenoxy) is 1. The maximum atomic E-state index is 13.8. The molecule has 0 bridgehead atoms. The number of benzene rings is 3. The second kappa shape index (κ2) is 6.22. The predicted octanol–water partition coefficient (Wildman–Crippen LogP) is 4.43.